The summed E-state index contributed by atoms with van der Waals surface area (Å²) in [5.74, 6) is 0. The van der Waals surface area contributed by atoms with E-state index < -0.39 is 0 Å². The van der Waals surface area contributed by atoms with Crippen LogP contribution in [0, 0.1) is 0 Å². The first-order valence-corrected chi connectivity index (χ1v) is 7.38. The molecule has 1 aliphatic rings. The molecule has 0 saturated carbocycles. The number of halogens is 1. The molecule has 3 rings (SSSR count). The Morgan fingerprint density at radius 2 is 2.39 bits per heavy atom. The summed E-state index contributed by atoms with van der Waals surface area (Å²) >= 11 is 7.67. The minimum Gasteiger partial charge on any atom is -0.291 e. The van der Waals surface area contributed by atoms with Gasteiger partial charge in [-0.05, 0) is 31.5 Å². The molecular weight excluding hydrogens is 266 g/mol. The van der Waals surface area contributed by atoms with Gasteiger partial charge in [0, 0.05) is 36.3 Å². The predicted octanol–water partition coefficient (Wildman–Crippen LogP) is 3.47. The van der Waals surface area contributed by atoms with Crippen molar-refractivity contribution in [2.45, 2.75) is 25.4 Å². The molecule has 0 N–H and O–H groups in total. The van der Waals surface area contributed by atoms with E-state index in [0.717, 1.165) is 17.4 Å². The van der Waals surface area contributed by atoms with Gasteiger partial charge in [0.1, 0.15) is 0 Å². The minimum absolute atomic E-state index is 0.513. The SMILES string of the molecule is Cn1cc(C2CCCN2Cc2ccc(Cl)s2)cn1. The van der Waals surface area contributed by atoms with Crippen molar-refractivity contribution < 1.29 is 0 Å². The van der Waals surface area contributed by atoms with E-state index in [2.05, 4.69) is 22.3 Å². The number of aryl methyl sites for hydroxylation is 1. The van der Waals surface area contributed by atoms with E-state index in [1.807, 2.05) is 24.0 Å². The van der Waals surface area contributed by atoms with Crippen LogP contribution in [-0.2, 0) is 13.6 Å². The highest BCUT2D eigenvalue weighted by Crippen LogP contribution is 2.34. The Hall–Kier alpha value is -0.840. The second-order valence-electron chi connectivity index (χ2n) is 4.78. The number of hydrogen-bond donors (Lipinski definition) is 0. The third-order valence-corrected chi connectivity index (χ3v) is 4.68. The standard InChI is InChI=1S/C13H16ClN3S/c1-16-8-10(7-15-16)12-3-2-6-17(12)9-11-4-5-13(14)18-11/h4-5,7-8,12H,2-3,6,9H2,1H3. The van der Waals surface area contributed by atoms with Crippen molar-refractivity contribution >= 4 is 22.9 Å². The van der Waals surface area contributed by atoms with E-state index in [0.29, 0.717) is 6.04 Å². The average molecular weight is 282 g/mol. The lowest BCUT2D eigenvalue weighted by Gasteiger charge is -2.22. The lowest BCUT2D eigenvalue weighted by atomic mass is 10.1. The van der Waals surface area contributed by atoms with Crippen molar-refractivity contribution in [1.29, 1.82) is 0 Å². The molecule has 3 nitrogen and oxygen atoms in total. The first-order chi connectivity index (χ1) is 8.72. The number of aromatic nitrogens is 2. The van der Waals surface area contributed by atoms with E-state index in [-0.39, 0.29) is 0 Å². The number of hydrogen-bond acceptors (Lipinski definition) is 3. The third kappa shape index (κ3) is 2.46. The first kappa shape index (κ1) is 12.2. The van der Waals surface area contributed by atoms with Crippen molar-refractivity contribution in [1.82, 2.24) is 14.7 Å². The topological polar surface area (TPSA) is 21.1 Å². The summed E-state index contributed by atoms with van der Waals surface area (Å²) in [6.07, 6.45) is 6.61. The van der Waals surface area contributed by atoms with Crippen LogP contribution in [0.2, 0.25) is 4.34 Å². The molecule has 3 heterocycles. The molecule has 0 bridgehead atoms. The largest absolute Gasteiger partial charge is 0.291 e. The zero-order valence-corrected chi connectivity index (χ0v) is 11.9. The fraction of sp³-hybridized carbons (Fsp3) is 0.462. The summed E-state index contributed by atoms with van der Waals surface area (Å²) in [6, 6.07) is 4.63. The van der Waals surface area contributed by atoms with Crippen molar-refractivity contribution in [3.05, 3.63) is 39.3 Å². The van der Waals surface area contributed by atoms with Gasteiger partial charge in [-0.2, -0.15) is 5.10 Å². The van der Waals surface area contributed by atoms with Gasteiger partial charge < -0.3 is 0 Å². The van der Waals surface area contributed by atoms with E-state index in [1.54, 1.807) is 11.3 Å². The van der Waals surface area contributed by atoms with Gasteiger partial charge in [0.25, 0.3) is 0 Å². The third-order valence-electron chi connectivity index (χ3n) is 3.46. The van der Waals surface area contributed by atoms with Gasteiger partial charge in [-0.3, -0.25) is 9.58 Å². The Balaban J connectivity index is 1.75. The molecule has 0 aliphatic carbocycles. The van der Waals surface area contributed by atoms with E-state index in [4.69, 9.17) is 11.6 Å². The van der Waals surface area contributed by atoms with Crippen molar-refractivity contribution in [3.63, 3.8) is 0 Å². The van der Waals surface area contributed by atoms with Crippen LogP contribution in [0.3, 0.4) is 0 Å². The van der Waals surface area contributed by atoms with Gasteiger partial charge in [0.15, 0.2) is 0 Å². The summed E-state index contributed by atoms with van der Waals surface area (Å²) in [4.78, 5) is 3.87. The van der Waals surface area contributed by atoms with Crippen LogP contribution in [0.25, 0.3) is 0 Å². The Morgan fingerprint density at radius 3 is 3.06 bits per heavy atom. The molecule has 1 aliphatic heterocycles. The molecule has 18 heavy (non-hydrogen) atoms. The van der Waals surface area contributed by atoms with Gasteiger partial charge in [0.2, 0.25) is 0 Å². The van der Waals surface area contributed by atoms with Crippen LogP contribution < -0.4 is 0 Å². The van der Waals surface area contributed by atoms with Gasteiger partial charge in [-0.25, -0.2) is 0 Å². The van der Waals surface area contributed by atoms with Gasteiger partial charge in [-0.1, -0.05) is 11.6 Å². The normalized spacial score (nSPS) is 20.7. The predicted molar refractivity (Wildman–Crippen MR) is 74.9 cm³/mol. The van der Waals surface area contributed by atoms with E-state index in [9.17, 15) is 0 Å². The molecule has 0 aromatic carbocycles. The summed E-state index contributed by atoms with van der Waals surface area (Å²) in [6.45, 7) is 2.16. The molecule has 96 valence electrons. The number of likely N-dealkylation sites (tertiary alicyclic amines) is 1. The monoisotopic (exact) mass is 281 g/mol. The fourth-order valence-corrected chi connectivity index (χ4v) is 3.76. The average Bonchev–Trinajstić information content (AvgIpc) is 3.01. The highest BCUT2D eigenvalue weighted by molar-refractivity contribution is 7.16. The second-order valence-corrected chi connectivity index (χ2v) is 6.58. The van der Waals surface area contributed by atoms with Crippen LogP contribution in [0.1, 0.15) is 29.3 Å². The molecule has 1 unspecified atom stereocenters. The molecule has 1 atom stereocenters. The number of nitrogens with zero attached hydrogens (tertiary/aromatic N) is 3. The highest BCUT2D eigenvalue weighted by atomic mass is 35.5. The molecule has 0 spiro atoms. The van der Waals surface area contributed by atoms with Crippen LogP contribution in [0.5, 0.6) is 0 Å². The zero-order chi connectivity index (χ0) is 12.5. The molecule has 5 heteroatoms. The Bertz CT molecular complexity index is 534. The molecule has 1 fully saturated rings. The van der Waals surface area contributed by atoms with Gasteiger partial charge in [-0.15, -0.1) is 11.3 Å². The van der Waals surface area contributed by atoms with Crippen molar-refractivity contribution in [2.24, 2.45) is 7.05 Å². The van der Waals surface area contributed by atoms with Crippen LogP contribution in [-0.4, -0.2) is 21.2 Å². The molecule has 1 saturated heterocycles. The first-order valence-electron chi connectivity index (χ1n) is 6.19. The lowest BCUT2D eigenvalue weighted by Crippen LogP contribution is -2.21. The summed E-state index contributed by atoms with van der Waals surface area (Å²) in [5, 5.41) is 4.28. The van der Waals surface area contributed by atoms with Crippen LogP contribution >= 0.6 is 22.9 Å². The smallest absolute Gasteiger partial charge is 0.0931 e. The summed E-state index contributed by atoms with van der Waals surface area (Å²) < 4.78 is 2.76. The molecule has 0 radical (unpaired) electrons. The van der Waals surface area contributed by atoms with Crippen molar-refractivity contribution in [3.8, 4) is 0 Å². The van der Waals surface area contributed by atoms with E-state index in [1.165, 1.54) is 23.3 Å². The zero-order valence-electron chi connectivity index (χ0n) is 10.3. The fourth-order valence-electron chi connectivity index (χ4n) is 2.64. The summed E-state index contributed by atoms with van der Waals surface area (Å²) in [5.41, 5.74) is 1.33. The highest BCUT2D eigenvalue weighted by Gasteiger charge is 2.27. The minimum atomic E-state index is 0.513. The maximum atomic E-state index is 5.99. The lowest BCUT2D eigenvalue weighted by molar-refractivity contribution is 0.250. The summed E-state index contributed by atoms with van der Waals surface area (Å²) in [7, 11) is 1.97. The van der Waals surface area contributed by atoms with Crippen LogP contribution in [0.4, 0.5) is 0 Å². The van der Waals surface area contributed by atoms with Gasteiger partial charge >= 0.3 is 0 Å². The molecule has 2 aromatic rings. The molecular formula is C13H16ClN3S. The Kier molecular flexibility index (Phi) is 3.41. The van der Waals surface area contributed by atoms with Gasteiger partial charge in [0.05, 0.1) is 10.5 Å². The van der Waals surface area contributed by atoms with E-state index >= 15 is 0 Å². The Morgan fingerprint density at radius 1 is 1.50 bits per heavy atom. The quantitative estimate of drug-likeness (QED) is 0.859. The van der Waals surface area contributed by atoms with Crippen molar-refractivity contribution in [2.75, 3.05) is 6.54 Å². The second kappa shape index (κ2) is 5.03. The maximum absolute atomic E-state index is 5.99. The maximum Gasteiger partial charge on any atom is 0.0931 e. The molecule has 2 aromatic heterocycles. The number of thiophene rings is 1. The van der Waals surface area contributed by atoms with Crippen LogP contribution in [0.15, 0.2) is 24.5 Å². The molecule has 0 amide bonds. The number of rotatable bonds is 3. The Labute approximate surface area is 116 Å².